The van der Waals surface area contributed by atoms with Gasteiger partial charge in [0.25, 0.3) is 0 Å². The summed E-state index contributed by atoms with van der Waals surface area (Å²) in [6.45, 7) is 2.10. The normalized spacial score (nSPS) is 19.0. The van der Waals surface area contributed by atoms with Crippen molar-refractivity contribution in [3.8, 4) is 11.5 Å². The standard InChI is InChI=1S/C24H20N4O2S/c1-14-5-10-18-17(12-14)21-20(23(30-18)15-6-8-16(29-2)9-7-15)22(19-4-3-11-31-19)28-24(27-21)25-13-26-28/h3-13,22-23H,1-2H3,(H,25,26,27)/t22-,23+/m0/s1. The summed E-state index contributed by atoms with van der Waals surface area (Å²) in [7, 11) is 1.68. The fraction of sp³-hybridized carbons (Fsp3) is 0.167. The van der Waals surface area contributed by atoms with E-state index in [0.717, 1.165) is 39.8 Å². The van der Waals surface area contributed by atoms with Gasteiger partial charge in [0.05, 0.1) is 12.8 Å². The molecule has 0 saturated carbocycles. The van der Waals surface area contributed by atoms with Gasteiger partial charge in [-0.2, -0.15) is 10.1 Å². The third-order valence-corrected chi connectivity index (χ3v) is 6.73. The first-order valence-corrected chi connectivity index (χ1v) is 11.0. The van der Waals surface area contributed by atoms with Crippen molar-refractivity contribution in [2.24, 2.45) is 0 Å². The van der Waals surface area contributed by atoms with Gasteiger partial charge < -0.3 is 14.8 Å². The van der Waals surface area contributed by atoms with Crippen molar-refractivity contribution in [1.82, 2.24) is 14.8 Å². The first-order chi connectivity index (χ1) is 15.2. The van der Waals surface area contributed by atoms with Gasteiger partial charge in [0, 0.05) is 16.0 Å². The number of aryl methyl sites for hydroxylation is 1. The zero-order valence-electron chi connectivity index (χ0n) is 17.1. The minimum absolute atomic E-state index is 0.102. The van der Waals surface area contributed by atoms with Gasteiger partial charge in [-0.1, -0.05) is 29.8 Å². The summed E-state index contributed by atoms with van der Waals surface area (Å²) in [6.07, 6.45) is 1.33. The Hall–Kier alpha value is -3.58. The summed E-state index contributed by atoms with van der Waals surface area (Å²) in [6, 6.07) is 18.5. The molecule has 0 amide bonds. The molecule has 0 radical (unpaired) electrons. The molecule has 0 fully saturated rings. The maximum Gasteiger partial charge on any atom is 0.226 e. The van der Waals surface area contributed by atoms with Gasteiger partial charge >= 0.3 is 0 Å². The minimum atomic E-state index is -0.270. The molecule has 0 spiro atoms. The second-order valence-corrected chi connectivity index (χ2v) is 8.65. The molecule has 0 aliphatic carbocycles. The molecule has 0 unspecified atom stereocenters. The van der Waals surface area contributed by atoms with E-state index in [9.17, 15) is 0 Å². The van der Waals surface area contributed by atoms with E-state index in [2.05, 4.69) is 64.1 Å². The van der Waals surface area contributed by atoms with Crippen LogP contribution in [0.2, 0.25) is 0 Å². The van der Waals surface area contributed by atoms with E-state index in [1.165, 1.54) is 10.4 Å². The molecular weight excluding hydrogens is 408 g/mol. The van der Waals surface area contributed by atoms with Crippen LogP contribution in [0.15, 0.2) is 71.9 Å². The highest BCUT2D eigenvalue weighted by atomic mass is 32.1. The number of thiophene rings is 1. The summed E-state index contributed by atoms with van der Waals surface area (Å²) in [5.41, 5.74) is 5.47. The maximum atomic E-state index is 6.64. The van der Waals surface area contributed by atoms with Crippen LogP contribution in [0.25, 0.3) is 5.70 Å². The lowest BCUT2D eigenvalue weighted by molar-refractivity contribution is 0.223. The molecule has 6 rings (SSSR count). The van der Waals surface area contributed by atoms with E-state index in [1.54, 1.807) is 24.8 Å². The van der Waals surface area contributed by atoms with Crippen molar-refractivity contribution < 1.29 is 9.47 Å². The molecule has 2 aliphatic heterocycles. The van der Waals surface area contributed by atoms with Crippen molar-refractivity contribution in [3.63, 3.8) is 0 Å². The Kier molecular flexibility index (Phi) is 4.11. The highest BCUT2D eigenvalue weighted by molar-refractivity contribution is 7.10. The van der Waals surface area contributed by atoms with Crippen molar-refractivity contribution in [1.29, 1.82) is 0 Å². The summed E-state index contributed by atoms with van der Waals surface area (Å²) >= 11 is 1.71. The third kappa shape index (κ3) is 2.84. The molecule has 154 valence electrons. The lowest BCUT2D eigenvalue weighted by Crippen LogP contribution is -2.32. The largest absolute Gasteiger partial charge is 0.497 e. The SMILES string of the molecule is COc1ccc([C@H]2Oc3ccc(C)cc3C3=C2[C@H](c2cccs2)n2ncnc2N3)cc1. The lowest BCUT2D eigenvalue weighted by atomic mass is 9.86. The van der Waals surface area contributed by atoms with Crippen molar-refractivity contribution >= 4 is 23.0 Å². The van der Waals surface area contributed by atoms with Crippen LogP contribution in [-0.4, -0.2) is 21.9 Å². The van der Waals surface area contributed by atoms with Gasteiger partial charge in [0.1, 0.15) is 30.0 Å². The lowest BCUT2D eigenvalue weighted by Gasteiger charge is -2.38. The number of ether oxygens (including phenoxy) is 2. The number of hydrogen-bond donors (Lipinski definition) is 1. The summed E-state index contributed by atoms with van der Waals surface area (Å²) in [4.78, 5) is 5.67. The molecule has 2 aromatic heterocycles. The zero-order chi connectivity index (χ0) is 20.9. The molecule has 2 atom stereocenters. The Bertz CT molecular complexity index is 1290. The van der Waals surface area contributed by atoms with E-state index in [1.807, 2.05) is 22.9 Å². The zero-order valence-corrected chi connectivity index (χ0v) is 17.9. The predicted molar refractivity (Wildman–Crippen MR) is 121 cm³/mol. The molecule has 2 aliphatic rings. The number of aromatic nitrogens is 3. The number of nitrogens with one attached hydrogen (secondary N) is 1. The molecule has 0 bridgehead atoms. The average molecular weight is 429 g/mol. The molecule has 4 heterocycles. The van der Waals surface area contributed by atoms with Gasteiger partial charge in [-0.05, 0) is 48.2 Å². The predicted octanol–water partition coefficient (Wildman–Crippen LogP) is 5.22. The Labute approximate surface area is 183 Å². The van der Waals surface area contributed by atoms with Crippen molar-refractivity contribution in [3.05, 3.63) is 93.4 Å². The van der Waals surface area contributed by atoms with Crippen LogP contribution in [0.1, 0.15) is 33.7 Å². The van der Waals surface area contributed by atoms with E-state index in [0.29, 0.717) is 0 Å². The van der Waals surface area contributed by atoms with Gasteiger partial charge in [0.2, 0.25) is 5.95 Å². The van der Waals surface area contributed by atoms with Crippen LogP contribution >= 0.6 is 11.3 Å². The Morgan fingerprint density at radius 2 is 2.00 bits per heavy atom. The average Bonchev–Trinajstić information content (AvgIpc) is 3.49. The van der Waals surface area contributed by atoms with Crippen LogP contribution in [0, 0.1) is 6.92 Å². The van der Waals surface area contributed by atoms with E-state index in [4.69, 9.17) is 9.47 Å². The topological polar surface area (TPSA) is 61.2 Å². The Morgan fingerprint density at radius 1 is 1.13 bits per heavy atom. The number of nitrogens with zero attached hydrogens (tertiary/aromatic N) is 3. The fourth-order valence-corrected chi connectivity index (χ4v) is 5.18. The molecule has 2 aromatic carbocycles. The molecule has 4 aromatic rings. The quantitative estimate of drug-likeness (QED) is 0.485. The molecule has 0 saturated heterocycles. The highest BCUT2D eigenvalue weighted by Crippen LogP contribution is 2.51. The first kappa shape index (κ1) is 18.2. The highest BCUT2D eigenvalue weighted by Gasteiger charge is 2.41. The summed E-state index contributed by atoms with van der Waals surface area (Å²) in [5.74, 6) is 2.41. The second-order valence-electron chi connectivity index (χ2n) is 7.67. The van der Waals surface area contributed by atoms with Gasteiger partial charge in [-0.3, -0.25) is 0 Å². The van der Waals surface area contributed by atoms with Crippen molar-refractivity contribution in [2.45, 2.75) is 19.1 Å². The molecular formula is C24H20N4O2S. The smallest absolute Gasteiger partial charge is 0.226 e. The van der Waals surface area contributed by atoms with Gasteiger partial charge in [-0.15, -0.1) is 11.3 Å². The molecule has 7 heteroatoms. The third-order valence-electron chi connectivity index (χ3n) is 5.80. The van der Waals surface area contributed by atoms with E-state index in [-0.39, 0.29) is 12.1 Å². The Balaban J connectivity index is 1.61. The summed E-state index contributed by atoms with van der Waals surface area (Å²) in [5, 5.41) is 10.2. The van der Waals surface area contributed by atoms with Crippen LogP contribution in [0.3, 0.4) is 0 Å². The Morgan fingerprint density at radius 3 is 2.77 bits per heavy atom. The molecule has 31 heavy (non-hydrogen) atoms. The number of benzene rings is 2. The van der Waals surface area contributed by atoms with Crippen LogP contribution in [-0.2, 0) is 0 Å². The fourth-order valence-electron chi connectivity index (χ4n) is 4.36. The number of fused-ring (bicyclic) bond motifs is 3. The number of methoxy groups -OCH3 is 1. The van der Waals surface area contributed by atoms with E-state index < -0.39 is 0 Å². The van der Waals surface area contributed by atoms with Gasteiger partial charge in [0.15, 0.2) is 0 Å². The minimum Gasteiger partial charge on any atom is -0.497 e. The monoisotopic (exact) mass is 428 g/mol. The summed E-state index contributed by atoms with van der Waals surface area (Å²) < 4.78 is 14.0. The number of hydrogen-bond acceptors (Lipinski definition) is 6. The van der Waals surface area contributed by atoms with Crippen molar-refractivity contribution in [2.75, 3.05) is 12.4 Å². The number of anilines is 1. The molecule has 1 N–H and O–H groups in total. The van der Waals surface area contributed by atoms with Crippen LogP contribution < -0.4 is 14.8 Å². The molecule has 6 nitrogen and oxygen atoms in total. The van der Waals surface area contributed by atoms with Crippen LogP contribution in [0.5, 0.6) is 11.5 Å². The van der Waals surface area contributed by atoms with E-state index >= 15 is 0 Å². The van der Waals surface area contributed by atoms with Gasteiger partial charge in [-0.25, -0.2) is 4.68 Å². The van der Waals surface area contributed by atoms with Crippen LogP contribution in [0.4, 0.5) is 5.95 Å². The second kappa shape index (κ2) is 6.99. The first-order valence-electron chi connectivity index (χ1n) is 10.1. The maximum absolute atomic E-state index is 6.64. The number of rotatable bonds is 3.